The van der Waals surface area contributed by atoms with Gasteiger partial charge in [-0.15, -0.1) is 19.0 Å². The zero-order valence-corrected chi connectivity index (χ0v) is 14.6. The van der Waals surface area contributed by atoms with Crippen LogP contribution < -0.4 is 10.6 Å². The van der Waals surface area contributed by atoms with Crippen molar-refractivity contribution in [1.29, 1.82) is 0 Å². The van der Waals surface area contributed by atoms with E-state index in [0.717, 1.165) is 16.9 Å². The highest BCUT2D eigenvalue weighted by atomic mass is 35.5. The van der Waals surface area contributed by atoms with Gasteiger partial charge in [0, 0.05) is 20.1 Å². The second-order valence-electron chi connectivity index (χ2n) is 5.35. The number of hydrogen-bond acceptors (Lipinski definition) is 5. The molecule has 7 heteroatoms. The number of anilines is 2. The standard InChI is InChI=1S/C17H20N6.ClH/c1-4-9-18-17-21-15(14-11-20-23(3)16(14)22-17)19-10-13-8-6-5-7-12(13)2;/h4-8,11H,1,9-10H2,2-3H3,(H2,18,19,21,22);1H. The molecular formula is C17H21ClN6. The topological polar surface area (TPSA) is 67.7 Å². The van der Waals surface area contributed by atoms with Crippen molar-refractivity contribution in [2.24, 2.45) is 7.05 Å². The van der Waals surface area contributed by atoms with Gasteiger partial charge >= 0.3 is 0 Å². The molecule has 0 fully saturated rings. The number of halogens is 1. The van der Waals surface area contributed by atoms with E-state index in [9.17, 15) is 0 Å². The Morgan fingerprint density at radius 3 is 2.75 bits per heavy atom. The number of aromatic nitrogens is 4. The van der Waals surface area contributed by atoms with Crippen LogP contribution in [0.4, 0.5) is 11.8 Å². The maximum atomic E-state index is 4.56. The molecule has 3 rings (SSSR count). The molecular weight excluding hydrogens is 324 g/mol. The average Bonchev–Trinajstić information content (AvgIpc) is 2.93. The summed E-state index contributed by atoms with van der Waals surface area (Å²) in [6.07, 6.45) is 3.56. The van der Waals surface area contributed by atoms with Crippen LogP contribution in [-0.2, 0) is 13.6 Å². The minimum absolute atomic E-state index is 0. The monoisotopic (exact) mass is 344 g/mol. The van der Waals surface area contributed by atoms with Gasteiger partial charge in [-0.05, 0) is 18.1 Å². The van der Waals surface area contributed by atoms with E-state index in [-0.39, 0.29) is 12.4 Å². The number of nitrogens with zero attached hydrogens (tertiary/aromatic N) is 4. The fourth-order valence-corrected chi connectivity index (χ4v) is 2.39. The Morgan fingerprint density at radius 2 is 2.00 bits per heavy atom. The molecule has 0 bridgehead atoms. The third-order valence-corrected chi connectivity index (χ3v) is 3.70. The molecule has 2 heterocycles. The van der Waals surface area contributed by atoms with Crippen LogP contribution in [0.3, 0.4) is 0 Å². The highest BCUT2D eigenvalue weighted by Crippen LogP contribution is 2.22. The van der Waals surface area contributed by atoms with Crippen molar-refractivity contribution >= 4 is 35.2 Å². The molecule has 0 saturated heterocycles. The van der Waals surface area contributed by atoms with Crippen molar-refractivity contribution in [2.45, 2.75) is 13.5 Å². The second-order valence-corrected chi connectivity index (χ2v) is 5.35. The van der Waals surface area contributed by atoms with Crippen molar-refractivity contribution in [3.8, 4) is 0 Å². The van der Waals surface area contributed by atoms with Crippen LogP contribution in [0.15, 0.2) is 43.1 Å². The zero-order chi connectivity index (χ0) is 16.2. The summed E-state index contributed by atoms with van der Waals surface area (Å²) in [5.41, 5.74) is 3.28. The lowest BCUT2D eigenvalue weighted by molar-refractivity contribution is 0.785. The molecule has 0 unspecified atom stereocenters. The average molecular weight is 345 g/mol. The molecule has 0 radical (unpaired) electrons. The maximum absolute atomic E-state index is 4.56. The zero-order valence-electron chi connectivity index (χ0n) is 13.8. The molecule has 0 aliphatic rings. The summed E-state index contributed by atoms with van der Waals surface area (Å²) in [6.45, 7) is 7.12. The van der Waals surface area contributed by atoms with E-state index in [1.54, 1.807) is 17.0 Å². The Bertz CT molecular complexity index is 842. The van der Waals surface area contributed by atoms with Crippen molar-refractivity contribution in [2.75, 3.05) is 17.2 Å². The lowest BCUT2D eigenvalue weighted by Gasteiger charge is -2.11. The first kappa shape index (κ1) is 17.7. The summed E-state index contributed by atoms with van der Waals surface area (Å²) in [5, 5.41) is 11.7. The van der Waals surface area contributed by atoms with E-state index >= 15 is 0 Å². The third kappa shape index (κ3) is 3.65. The first-order valence-corrected chi connectivity index (χ1v) is 7.52. The van der Waals surface area contributed by atoms with Gasteiger partial charge in [-0.1, -0.05) is 30.3 Å². The number of benzene rings is 1. The summed E-state index contributed by atoms with van der Waals surface area (Å²) in [4.78, 5) is 9.06. The number of rotatable bonds is 6. The second kappa shape index (κ2) is 7.79. The lowest BCUT2D eigenvalue weighted by atomic mass is 10.1. The summed E-state index contributed by atoms with van der Waals surface area (Å²) in [7, 11) is 1.87. The summed E-state index contributed by atoms with van der Waals surface area (Å²) >= 11 is 0. The van der Waals surface area contributed by atoms with Crippen molar-refractivity contribution in [1.82, 2.24) is 19.7 Å². The van der Waals surface area contributed by atoms with Gasteiger partial charge in [0.1, 0.15) is 5.82 Å². The number of hydrogen-bond donors (Lipinski definition) is 2. The predicted molar refractivity (Wildman–Crippen MR) is 101 cm³/mol. The highest BCUT2D eigenvalue weighted by molar-refractivity contribution is 5.87. The van der Waals surface area contributed by atoms with Crippen molar-refractivity contribution in [3.63, 3.8) is 0 Å². The fraction of sp³-hybridized carbons (Fsp3) is 0.235. The molecule has 0 aliphatic carbocycles. The minimum Gasteiger partial charge on any atom is -0.365 e. The Morgan fingerprint density at radius 1 is 1.21 bits per heavy atom. The Labute approximate surface area is 147 Å². The largest absolute Gasteiger partial charge is 0.365 e. The van der Waals surface area contributed by atoms with Crippen LogP contribution in [-0.4, -0.2) is 26.3 Å². The van der Waals surface area contributed by atoms with Crippen LogP contribution in [0.5, 0.6) is 0 Å². The lowest BCUT2D eigenvalue weighted by Crippen LogP contribution is -2.08. The number of fused-ring (bicyclic) bond motifs is 1. The van der Waals surface area contributed by atoms with Crippen molar-refractivity contribution in [3.05, 3.63) is 54.2 Å². The molecule has 3 aromatic rings. The van der Waals surface area contributed by atoms with Crippen LogP contribution in [0.25, 0.3) is 11.0 Å². The van der Waals surface area contributed by atoms with E-state index in [4.69, 9.17) is 0 Å². The first-order chi connectivity index (χ1) is 11.2. The molecule has 24 heavy (non-hydrogen) atoms. The molecule has 0 saturated carbocycles. The Kier molecular flexibility index (Phi) is 5.76. The molecule has 0 atom stereocenters. The Balaban J connectivity index is 0.00000208. The smallest absolute Gasteiger partial charge is 0.226 e. The van der Waals surface area contributed by atoms with Crippen LogP contribution in [0.1, 0.15) is 11.1 Å². The van der Waals surface area contributed by atoms with Crippen molar-refractivity contribution < 1.29 is 0 Å². The van der Waals surface area contributed by atoms with Gasteiger partial charge < -0.3 is 10.6 Å². The fourth-order valence-electron chi connectivity index (χ4n) is 2.39. The van der Waals surface area contributed by atoms with Crippen LogP contribution in [0, 0.1) is 6.92 Å². The Hall–Kier alpha value is -2.60. The summed E-state index contributed by atoms with van der Waals surface area (Å²) < 4.78 is 1.75. The van der Waals surface area contributed by atoms with Gasteiger partial charge in [-0.3, -0.25) is 4.68 Å². The van der Waals surface area contributed by atoms with Crippen LogP contribution >= 0.6 is 12.4 Å². The molecule has 0 spiro atoms. The van der Waals surface area contributed by atoms with Gasteiger partial charge in [0.05, 0.1) is 11.6 Å². The SMILES string of the molecule is C=CCNc1nc(NCc2ccccc2C)c2cnn(C)c2n1.Cl. The predicted octanol–water partition coefficient (Wildman–Crippen LogP) is 3.30. The van der Waals surface area contributed by atoms with E-state index in [2.05, 4.69) is 51.3 Å². The van der Waals surface area contributed by atoms with E-state index in [0.29, 0.717) is 19.0 Å². The van der Waals surface area contributed by atoms with E-state index in [1.165, 1.54) is 11.1 Å². The minimum atomic E-state index is 0. The number of nitrogens with one attached hydrogen (secondary N) is 2. The molecule has 0 aliphatic heterocycles. The molecule has 2 aromatic heterocycles. The summed E-state index contributed by atoms with van der Waals surface area (Å²) in [6, 6.07) is 8.30. The highest BCUT2D eigenvalue weighted by Gasteiger charge is 2.11. The van der Waals surface area contributed by atoms with Gasteiger partial charge in [0.15, 0.2) is 5.65 Å². The normalized spacial score (nSPS) is 10.2. The van der Waals surface area contributed by atoms with E-state index < -0.39 is 0 Å². The van der Waals surface area contributed by atoms with Gasteiger partial charge in [0.2, 0.25) is 5.95 Å². The first-order valence-electron chi connectivity index (χ1n) is 7.52. The quantitative estimate of drug-likeness (QED) is 0.671. The molecule has 2 N–H and O–H groups in total. The van der Waals surface area contributed by atoms with Crippen LogP contribution in [0.2, 0.25) is 0 Å². The van der Waals surface area contributed by atoms with Gasteiger partial charge in [-0.25, -0.2) is 0 Å². The summed E-state index contributed by atoms with van der Waals surface area (Å²) in [5.74, 6) is 1.34. The molecule has 0 amide bonds. The van der Waals surface area contributed by atoms with E-state index in [1.807, 2.05) is 19.2 Å². The third-order valence-electron chi connectivity index (χ3n) is 3.70. The molecule has 1 aromatic carbocycles. The van der Waals surface area contributed by atoms with Gasteiger partial charge in [-0.2, -0.15) is 15.1 Å². The molecule has 6 nitrogen and oxygen atoms in total. The number of aryl methyl sites for hydroxylation is 2. The maximum Gasteiger partial charge on any atom is 0.226 e. The van der Waals surface area contributed by atoms with Gasteiger partial charge in [0.25, 0.3) is 0 Å². The molecule has 126 valence electrons.